The number of benzene rings is 3. The second-order valence-electron chi connectivity index (χ2n) is 9.19. The third-order valence-corrected chi connectivity index (χ3v) is 7.90. The average molecular weight is 528 g/mol. The summed E-state index contributed by atoms with van der Waals surface area (Å²) in [6, 6.07) is 22.8. The van der Waals surface area contributed by atoms with Crippen molar-refractivity contribution in [3.05, 3.63) is 83.0 Å². The highest BCUT2D eigenvalue weighted by molar-refractivity contribution is 8.03. The number of carboxylic acid groups (broad SMARTS) is 1. The number of aliphatic carboxylic acids is 1. The molecule has 0 atom stereocenters. The van der Waals surface area contributed by atoms with Gasteiger partial charge in [-0.1, -0.05) is 29.5 Å². The highest BCUT2D eigenvalue weighted by Crippen LogP contribution is 2.49. The molecule has 1 aliphatic heterocycles. The molecule has 4 aromatic rings. The van der Waals surface area contributed by atoms with Crippen LogP contribution in [0.4, 0.5) is 5.69 Å². The third kappa shape index (κ3) is 4.94. The van der Waals surface area contributed by atoms with Crippen LogP contribution in [-0.4, -0.2) is 31.8 Å². The van der Waals surface area contributed by atoms with E-state index < -0.39 is 5.97 Å². The maximum Gasteiger partial charge on any atom is 0.305 e. The van der Waals surface area contributed by atoms with E-state index in [4.69, 9.17) is 9.47 Å². The molecule has 0 radical (unpaired) electrons. The van der Waals surface area contributed by atoms with Crippen molar-refractivity contribution < 1.29 is 23.9 Å². The number of thioether (sulfide) groups is 1. The van der Waals surface area contributed by atoms with Gasteiger partial charge in [0.2, 0.25) is 11.2 Å². The highest BCUT2D eigenvalue weighted by atomic mass is 32.2. The molecule has 0 aliphatic carbocycles. The summed E-state index contributed by atoms with van der Waals surface area (Å²) in [6.07, 6.45) is 2.22. The Morgan fingerprint density at radius 2 is 1.87 bits per heavy atom. The van der Waals surface area contributed by atoms with Crippen LogP contribution in [0.5, 0.6) is 11.5 Å². The molecule has 1 aliphatic rings. The first kappa shape index (κ1) is 25.7. The van der Waals surface area contributed by atoms with E-state index in [1.165, 1.54) is 16.5 Å². The van der Waals surface area contributed by atoms with Crippen LogP contribution in [0.15, 0.2) is 76.7 Å². The number of carboxylic acids is 1. The minimum absolute atomic E-state index is 0.0492. The van der Waals surface area contributed by atoms with Crippen LogP contribution >= 0.6 is 11.8 Å². The lowest BCUT2D eigenvalue weighted by Crippen LogP contribution is -2.37. The maximum atomic E-state index is 11.5. The van der Waals surface area contributed by atoms with E-state index in [1.807, 2.05) is 18.2 Å². The lowest BCUT2D eigenvalue weighted by atomic mass is 10.0. The van der Waals surface area contributed by atoms with Crippen molar-refractivity contribution in [1.82, 2.24) is 0 Å². The summed E-state index contributed by atoms with van der Waals surface area (Å²) >= 11 is 1.66. The molecule has 0 fully saturated rings. The number of methoxy groups -OCH3 is 2. The fourth-order valence-electron chi connectivity index (χ4n) is 4.92. The monoisotopic (exact) mass is 527 g/mol. The number of rotatable bonds is 8. The normalized spacial score (nSPS) is 13.7. The Balaban J connectivity index is 1.59. The van der Waals surface area contributed by atoms with Crippen LogP contribution in [0.3, 0.4) is 0 Å². The number of fused-ring (bicyclic) bond motifs is 2. The minimum Gasteiger partial charge on any atom is -0.497 e. The number of aryl methyl sites for hydroxylation is 2. The Labute approximate surface area is 227 Å². The summed E-state index contributed by atoms with van der Waals surface area (Å²) in [5.74, 6) is 0.709. The third-order valence-electron chi connectivity index (χ3n) is 6.80. The van der Waals surface area contributed by atoms with Crippen molar-refractivity contribution >= 4 is 40.4 Å². The Kier molecular flexibility index (Phi) is 7.29. The molecule has 2 heterocycles. The second-order valence-corrected chi connectivity index (χ2v) is 10.3. The minimum atomic E-state index is -0.815. The van der Waals surface area contributed by atoms with Crippen LogP contribution in [-0.2, 0) is 11.3 Å². The molecule has 1 N–H and O–H groups in total. The molecular weight excluding hydrogens is 496 g/mol. The van der Waals surface area contributed by atoms with Gasteiger partial charge >= 0.3 is 5.97 Å². The molecule has 0 saturated heterocycles. The van der Waals surface area contributed by atoms with E-state index in [9.17, 15) is 9.90 Å². The van der Waals surface area contributed by atoms with Crippen molar-refractivity contribution in [3.63, 3.8) is 0 Å². The van der Waals surface area contributed by atoms with Crippen molar-refractivity contribution in [2.45, 2.75) is 31.7 Å². The molecule has 1 aromatic heterocycles. The molecule has 5 rings (SSSR count). The largest absolute Gasteiger partial charge is 0.497 e. The van der Waals surface area contributed by atoms with E-state index in [0.29, 0.717) is 6.54 Å². The molecule has 38 heavy (non-hydrogen) atoms. The zero-order valence-electron chi connectivity index (χ0n) is 22.0. The van der Waals surface area contributed by atoms with Crippen LogP contribution in [0, 0.1) is 6.92 Å². The predicted molar refractivity (Wildman–Crippen MR) is 153 cm³/mol. The number of nitrogens with zero attached hydrogens (tertiary/aromatic N) is 2. The number of carbonyl (C=O) groups is 1. The van der Waals surface area contributed by atoms with Gasteiger partial charge in [-0.25, -0.2) is 0 Å². The summed E-state index contributed by atoms with van der Waals surface area (Å²) in [4.78, 5) is 14.7. The van der Waals surface area contributed by atoms with Gasteiger partial charge in [0.25, 0.3) is 0 Å². The number of hydrogen-bond acceptors (Lipinski definition) is 5. The fraction of sp³-hybridized carbons (Fsp3) is 0.226. The summed E-state index contributed by atoms with van der Waals surface area (Å²) in [5.41, 5.74) is 6.45. The molecule has 0 unspecified atom stereocenters. The second kappa shape index (κ2) is 10.8. The van der Waals surface area contributed by atoms with Crippen LogP contribution < -0.4 is 18.9 Å². The Bertz CT molecular complexity index is 1560. The Morgan fingerprint density at radius 1 is 1.03 bits per heavy atom. The van der Waals surface area contributed by atoms with Crippen molar-refractivity contribution in [2.75, 3.05) is 25.7 Å². The highest BCUT2D eigenvalue weighted by Gasteiger charge is 2.28. The number of anilines is 1. The molecule has 194 valence electrons. The quantitative estimate of drug-likeness (QED) is 0.263. The first-order chi connectivity index (χ1) is 18.4. The SMILES string of the molecule is CC[n+]1c(C=C2Sc3cc(-c4cc(OC)ccc4OC)ccc3N2CCC(=O)O)ccc2cc(C)ccc21. The number of aromatic nitrogens is 1. The first-order valence-electron chi connectivity index (χ1n) is 12.6. The zero-order valence-corrected chi connectivity index (χ0v) is 22.8. The fourth-order valence-corrected chi connectivity index (χ4v) is 6.09. The molecule has 7 heteroatoms. The van der Waals surface area contributed by atoms with Gasteiger partial charge in [-0.2, -0.15) is 4.57 Å². The van der Waals surface area contributed by atoms with Crippen molar-refractivity contribution in [1.29, 1.82) is 0 Å². The summed E-state index contributed by atoms with van der Waals surface area (Å²) in [7, 11) is 3.31. The molecule has 0 spiro atoms. The van der Waals surface area contributed by atoms with Gasteiger partial charge in [0.15, 0.2) is 0 Å². The molecule has 6 nitrogen and oxygen atoms in total. The molecule has 3 aromatic carbocycles. The van der Waals surface area contributed by atoms with Gasteiger partial charge in [-0.3, -0.25) is 4.79 Å². The standard InChI is InChI=1S/C31H30N2O4S/c1-5-32-23(9-7-22-16-20(2)6-11-26(22)32)18-30-33(15-14-31(34)35)27-12-8-21(17-29(27)38-30)25-19-24(36-3)10-13-28(25)37-4/h6-13,16-19H,5,14-15H2,1-4H3/p+1. The molecular formula is C31H31N2O4S+. The number of pyridine rings is 1. The maximum absolute atomic E-state index is 11.5. The van der Waals surface area contributed by atoms with E-state index in [2.05, 4.69) is 77.9 Å². The van der Waals surface area contributed by atoms with Crippen LogP contribution in [0.1, 0.15) is 24.6 Å². The molecule has 0 bridgehead atoms. The van der Waals surface area contributed by atoms with E-state index in [1.54, 1.807) is 26.0 Å². The van der Waals surface area contributed by atoms with Gasteiger partial charge < -0.3 is 19.5 Å². The van der Waals surface area contributed by atoms with Gasteiger partial charge in [0.1, 0.15) is 18.0 Å². The van der Waals surface area contributed by atoms with E-state index >= 15 is 0 Å². The lowest BCUT2D eigenvalue weighted by molar-refractivity contribution is -0.669. The summed E-state index contributed by atoms with van der Waals surface area (Å²) in [6.45, 7) is 5.47. The van der Waals surface area contributed by atoms with Crippen LogP contribution in [0.2, 0.25) is 0 Å². The number of ether oxygens (including phenoxy) is 2. The lowest BCUT2D eigenvalue weighted by Gasteiger charge is -2.19. The van der Waals surface area contributed by atoms with Crippen LogP contribution in [0.25, 0.3) is 28.1 Å². The van der Waals surface area contributed by atoms with Gasteiger partial charge in [-0.05, 0) is 61.9 Å². The average Bonchev–Trinajstić information content (AvgIpc) is 3.27. The molecule has 0 saturated carbocycles. The first-order valence-corrected chi connectivity index (χ1v) is 13.4. The topological polar surface area (TPSA) is 62.9 Å². The van der Waals surface area contributed by atoms with Gasteiger partial charge in [0.05, 0.1) is 31.4 Å². The van der Waals surface area contributed by atoms with Gasteiger partial charge in [0, 0.05) is 40.6 Å². The van der Waals surface area contributed by atoms with Crippen molar-refractivity contribution in [3.8, 4) is 22.6 Å². The van der Waals surface area contributed by atoms with E-state index in [-0.39, 0.29) is 6.42 Å². The Morgan fingerprint density at radius 3 is 2.61 bits per heavy atom. The smallest absolute Gasteiger partial charge is 0.305 e. The summed E-state index contributed by atoms with van der Waals surface area (Å²) in [5, 5.41) is 11.6. The zero-order chi connectivity index (χ0) is 26.8. The summed E-state index contributed by atoms with van der Waals surface area (Å²) < 4.78 is 13.4. The number of hydrogen-bond donors (Lipinski definition) is 1. The van der Waals surface area contributed by atoms with E-state index in [0.717, 1.165) is 50.5 Å². The van der Waals surface area contributed by atoms with Crippen molar-refractivity contribution in [2.24, 2.45) is 0 Å². The predicted octanol–water partition coefficient (Wildman–Crippen LogP) is 6.53. The molecule has 0 amide bonds. The van der Waals surface area contributed by atoms with Gasteiger partial charge in [-0.15, -0.1) is 0 Å². The Hall–Kier alpha value is -3.97.